The smallest absolute Gasteiger partial charge is 0.0202 e. The van der Waals surface area contributed by atoms with E-state index in [1.165, 1.54) is 64.2 Å². The summed E-state index contributed by atoms with van der Waals surface area (Å²) >= 11 is 0. The number of aromatic nitrogens is 1. The molecule has 1 heteroatoms. The van der Waals surface area contributed by atoms with E-state index in [1.807, 2.05) is 0 Å². The van der Waals surface area contributed by atoms with Crippen molar-refractivity contribution in [2.45, 2.75) is 84.0 Å². The molecule has 0 fully saturated rings. The van der Waals surface area contributed by atoms with E-state index in [-0.39, 0.29) is 0 Å². The van der Waals surface area contributed by atoms with Crippen molar-refractivity contribution >= 4 is 0 Å². The summed E-state index contributed by atoms with van der Waals surface area (Å²) in [6, 6.07) is 4.52. The molecule has 19 heavy (non-hydrogen) atoms. The van der Waals surface area contributed by atoms with Crippen LogP contribution in [0.1, 0.15) is 89.7 Å². The molecule has 0 aromatic carbocycles. The van der Waals surface area contributed by atoms with Gasteiger partial charge in [-0.25, -0.2) is 0 Å². The molecule has 0 spiro atoms. The van der Waals surface area contributed by atoms with Crippen LogP contribution in [0.4, 0.5) is 0 Å². The highest BCUT2D eigenvalue weighted by atomic mass is 14.9. The molecular formula is C18H33N. The first-order valence-corrected chi connectivity index (χ1v) is 8.40. The lowest BCUT2D eigenvalue weighted by Gasteiger charge is -2.18. The SMILES string of the molecule is CCCCCCC(CCCCCC)c1cccn1C. The van der Waals surface area contributed by atoms with Gasteiger partial charge in [-0.15, -0.1) is 0 Å². The molecule has 1 heterocycles. The first kappa shape index (κ1) is 16.3. The summed E-state index contributed by atoms with van der Waals surface area (Å²) in [5.41, 5.74) is 1.55. The molecule has 0 saturated heterocycles. The molecule has 0 bridgehead atoms. The average molecular weight is 263 g/mol. The highest BCUT2D eigenvalue weighted by Gasteiger charge is 2.13. The molecule has 1 aromatic rings. The molecule has 0 unspecified atom stereocenters. The van der Waals surface area contributed by atoms with Crippen LogP contribution >= 0.6 is 0 Å². The normalized spacial score (nSPS) is 11.4. The lowest BCUT2D eigenvalue weighted by Crippen LogP contribution is -2.05. The van der Waals surface area contributed by atoms with Gasteiger partial charge < -0.3 is 4.57 Å². The third kappa shape index (κ3) is 6.31. The van der Waals surface area contributed by atoms with Crippen LogP contribution in [0.15, 0.2) is 18.3 Å². The maximum Gasteiger partial charge on any atom is 0.0202 e. The number of nitrogens with zero attached hydrogens (tertiary/aromatic N) is 1. The molecule has 0 saturated carbocycles. The lowest BCUT2D eigenvalue weighted by molar-refractivity contribution is 0.479. The Labute approximate surface area is 120 Å². The minimum atomic E-state index is 0.786. The van der Waals surface area contributed by atoms with Crippen molar-refractivity contribution in [1.82, 2.24) is 4.57 Å². The summed E-state index contributed by atoms with van der Waals surface area (Å²) in [6.45, 7) is 4.58. The van der Waals surface area contributed by atoms with Gasteiger partial charge in [0.25, 0.3) is 0 Å². The summed E-state index contributed by atoms with van der Waals surface area (Å²) in [5.74, 6) is 0.786. The maximum atomic E-state index is 2.32. The fourth-order valence-corrected chi connectivity index (χ4v) is 2.97. The van der Waals surface area contributed by atoms with Gasteiger partial charge in [0, 0.05) is 18.9 Å². The van der Waals surface area contributed by atoms with Gasteiger partial charge in [0.15, 0.2) is 0 Å². The zero-order valence-corrected chi connectivity index (χ0v) is 13.3. The van der Waals surface area contributed by atoms with E-state index in [0.717, 1.165) is 5.92 Å². The van der Waals surface area contributed by atoms with Gasteiger partial charge in [-0.2, -0.15) is 0 Å². The van der Waals surface area contributed by atoms with Crippen LogP contribution in [0.2, 0.25) is 0 Å². The third-order valence-electron chi connectivity index (χ3n) is 4.21. The molecular weight excluding hydrogens is 230 g/mol. The average Bonchev–Trinajstić information content (AvgIpc) is 2.83. The Morgan fingerprint density at radius 1 is 0.895 bits per heavy atom. The third-order valence-corrected chi connectivity index (χ3v) is 4.21. The summed E-state index contributed by atoms with van der Waals surface area (Å²) in [4.78, 5) is 0. The van der Waals surface area contributed by atoms with Crippen LogP contribution in [0.5, 0.6) is 0 Å². The fraction of sp³-hybridized carbons (Fsp3) is 0.778. The molecule has 0 aliphatic rings. The van der Waals surface area contributed by atoms with Crippen molar-refractivity contribution in [3.8, 4) is 0 Å². The van der Waals surface area contributed by atoms with E-state index in [9.17, 15) is 0 Å². The molecule has 0 N–H and O–H groups in total. The Morgan fingerprint density at radius 2 is 1.47 bits per heavy atom. The van der Waals surface area contributed by atoms with Crippen LogP contribution in [-0.4, -0.2) is 4.57 Å². The summed E-state index contributed by atoms with van der Waals surface area (Å²) in [7, 11) is 2.19. The second kappa shape index (κ2) is 10.1. The number of hydrogen-bond donors (Lipinski definition) is 0. The van der Waals surface area contributed by atoms with Crippen LogP contribution in [0.25, 0.3) is 0 Å². The summed E-state index contributed by atoms with van der Waals surface area (Å²) < 4.78 is 2.32. The maximum absolute atomic E-state index is 2.32. The molecule has 1 nitrogen and oxygen atoms in total. The molecule has 0 aliphatic heterocycles. The summed E-state index contributed by atoms with van der Waals surface area (Å²) in [5, 5.41) is 0. The van der Waals surface area contributed by atoms with E-state index in [0.29, 0.717) is 0 Å². The number of unbranched alkanes of at least 4 members (excludes halogenated alkanes) is 6. The van der Waals surface area contributed by atoms with Crippen LogP contribution < -0.4 is 0 Å². The second-order valence-electron chi connectivity index (χ2n) is 5.94. The lowest BCUT2D eigenvalue weighted by atomic mass is 9.91. The van der Waals surface area contributed by atoms with Gasteiger partial charge in [-0.1, -0.05) is 65.2 Å². The van der Waals surface area contributed by atoms with Crippen molar-refractivity contribution in [2.24, 2.45) is 7.05 Å². The van der Waals surface area contributed by atoms with E-state index in [2.05, 4.69) is 43.8 Å². The molecule has 0 atom stereocenters. The monoisotopic (exact) mass is 263 g/mol. The predicted molar refractivity (Wildman–Crippen MR) is 85.7 cm³/mol. The largest absolute Gasteiger partial charge is 0.354 e. The van der Waals surface area contributed by atoms with Crippen molar-refractivity contribution < 1.29 is 0 Å². The predicted octanol–water partition coefficient (Wildman–Crippen LogP) is 6.05. The van der Waals surface area contributed by atoms with E-state index < -0.39 is 0 Å². The number of rotatable bonds is 11. The van der Waals surface area contributed by atoms with E-state index in [1.54, 1.807) is 5.69 Å². The highest BCUT2D eigenvalue weighted by molar-refractivity contribution is 5.12. The zero-order chi connectivity index (χ0) is 13.9. The Hall–Kier alpha value is -0.720. The molecule has 0 amide bonds. The van der Waals surface area contributed by atoms with Crippen LogP contribution in [-0.2, 0) is 7.05 Å². The van der Waals surface area contributed by atoms with E-state index >= 15 is 0 Å². The second-order valence-corrected chi connectivity index (χ2v) is 5.94. The van der Waals surface area contributed by atoms with Crippen molar-refractivity contribution in [3.63, 3.8) is 0 Å². The molecule has 0 aliphatic carbocycles. The Morgan fingerprint density at radius 3 is 1.89 bits per heavy atom. The molecule has 0 radical (unpaired) electrons. The van der Waals surface area contributed by atoms with E-state index in [4.69, 9.17) is 0 Å². The van der Waals surface area contributed by atoms with Gasteiger partial charge in [0.1, 0.15) is 0 Å². The van der Waals surface area contributed by atoms with Gasteiger partial charge in [0.05, 0.1) is 0 Å². The van der Waals surface area contributed by atoms with Crippen LogP contribution in [0, 0.1) is 0 Å². The first-order valence-electron chi connectivity index (χ1n) is 8.40. The fourth-order valence-electron chi connectivity index (χ4n) is 2.97. The molecule has 110 valence electrons. The Bertz CT molecular complexity index is 301. The molecule has 1 rings (SSSR count). The molecule has 1 aromatic heterocycles. The standard InChI is InChI=1S/C18H33N/c1-4-6-8-10-13-17(14-11-9-7-5-2)18-15-12-16-19(18)3/h12,15-17H,4-11,13-14H2,1-3H3. The number of aryl methyl sites for hydroxylation is 1. The quantitative estimate of drug-likeness (QED) is 0.428. The van der Waals surface area contributed by atoms with Crippen LogP contribution in [0.3, 0.4) is 0 Å². The van der Waals surface area contributed by atoms with Gasteiger partial charge >= 0.3 is 0 Å². The minimum Gasteiger partial charge on any atom is -0.354 e. The van der Waals surface area contributed by atoms with Gasteiger partial charge in [0.2, 0.25) is 0 Å². The highest BCUT2D eigenvalue weighted by Crippen LogP contribution is 2.28. The zero-order valence-electron chi connectivity index (χ0n) is 13.3. The van der Waals surface area contributed by atoms with Crippen molar-refractivity contribution in [3.05, 3.63) is 24.0 Å². The topological polar surface area (TPSA) is 4.93 Å². The minimum absolute atomic E-state index is 0.786. The number of hydrogen-bond acceptors (Lipinski definition) is 0. The van der Waals surface area contributed by atoms with Gasteiger partial charge in [-0.05, 0) is 30.9 Å². The summed E-state index contributed by atoms with van der Waals surface area (Å²) in [6.07, 6.45) is 16.0. The van der Waals surface area contributed by atoms with Crippen molar-refractivity contribution in [2.75, 3.05) is 0 Å². The van der Waals surface area contributed by atoms with Gasteiger partial charge in [-0.3, -0.25) is 0 Å². The first-order chi connectivity index (χ1) is 9.29. The Balaban J connectivity index is 2.41. The Kier molecular flexibility index (Phi) is 8.69. The van der Waals surface area contributed by atoms with Crippen molar-refractivity contribution in [1.29, 1.82) is 0 Å².